The molecule has 44 heavy (non-hydrogen) atoms. The van der Waals surface area contributed by atoms with Crippen molar-refractivity contribution in [3.05, 3.63) is 63.7 Å². The van der Waals surface area contributed by atoms with Gasteiger partial charge in [-0.3, -0.25) is 14.4 Å². The number of ketones is 3. The molecular formula is C33H39NO10. The number of carbonyl (C=O) groups is 4. The standard InChI is InChI=1S/C33H39NO10/c1-5-17(3)43-32(40)34-24-11-19(9-16(2)29(24)37)44-26-14-33(41,27(36)15-35)13-18-10-22-23(12-21(18)26)31(39)28-20(30(22)38)7-6-8-25(28)42-4/h6-8,10,12,16-17,19,24,26,29,35,37,41H,5,9,11,13-15H2,1-4H3,(H,34,40)/t16-,17?,19-,24-,26+,29-,33+/m1/s1. The van der Waals surface area contributed by atoms with Crippen molar-refractivity contribution in [2.75, 3.05) is 13.7 Å². The number of Topliss-reactive ketones (excluding diaryl/α,β-unsaturated/α-hetero) is 1. The SMILES string of the molecule is CCC(C)OC(=O)N[C@@H]1C[C@H](O[C@H]2C[C@](O)(C(=O)CO)Cc3cc4c(cc32)C(=O)c2c(OC)cccc2C4=O)C[C@@H](C)[C@H]1O. The fourth-order valence-electron chi connectivity index (χ4n) is 6.59. The first kappa shape index (κ1) is 31.8. The molecule has 1 fully saturated rings. The average molecular weight is 610 g/mol. The van der Waals surface area contributed by atoms with E-state index in [0.29, 0.717) is 24.0 Å². The maximum Gasteiger partial charge on any atom is 0.407 e. The summed E-state index contributed by atoms with van der Waals surface area (Å²) in [6.07, 6.45) is -2.29. The Morgan fingerprint density at radius 1 is 1.11 bits per heavy atom. The second-order valence-corrected chi connectivity index (χ2v) is 12.2. The Kier molecular flexibility index (Phi) is 8.95. The minimum atomic E-state index is -1.97. The van der Waals surface area contributed by atoms with Crippen LogP contribution in [0.1, 0.15) is 95.5 Å². The minimum Gasteiger partial charge on any atom is -0.496 e. The molecule has 0 aromatic heterocycles. The summed E-state index contributed by atoms with van der Waals surface area (Å²) in [6.45, 7) is 4.61. The van der Waals surface area contributed by atoms with E-state index in [1.54, 1.807) is 31.2 Å². The number of aliphatic hydroxyl groups is 3. The first-order chi connectivity index (χ1) is 20.9. The maximum atomic E-state index is 13.7. The number of benzene rings is 2. The van der Waals surface area contributed by atoms with E-state index < -0.39 is 48.4 Å². The molecule has 236 valence electrons. The van der Waals surface area contributed by atoms with Gasteiger partial charge in [0.25, 0.3) is 0 Å². The predicted molar refractivity (Wildman–Crippen MR) is 157 cm³/mol. The van der Waals surface area contributed by atoms with Crippen LogP contribution in [-0.2, 0) is 20.7 Å². The summed E-state index contributed by atoms with van der Waals surface area (Å²) in [5.74, 6) is -1.55. The Morgan fingerprint density at radius 3 is 2.52 bits per heavy atom. The number of methoxy groups -OCH3 is 1. The lowest BCUT2D eigenvalue weighted by atomic mass is 9.73. The Bertz CT molecular complexity index is 1490. The van der Waals surface area contributed by atoms with Crippen molar-refractivity contribution in [3.63, 3.8) is 0 Å². The summed E-state index contributed by atoms with van der Waals surface area (Å²) in [7, 11) is 1.42. The number of rotatable bonds is 8. The zero-order valence-electron chi connectivity index (χ0n) is 25.3. The number of fused-ring (bicyclic) bond motifs is 3. The maximum absolute atomic E-state index is 13.7. The number of carbonyl (C=O) groups excluding carboxylic acids is 4. The van der Waals surface area contributed by atoms with Gasteiger partial charge in [-0.15, -0.1) is 0 Å². The molecule has 2 aromatic carbocycles. The van der Waals surface area contributed by atoms with Crippen molar-refractivity contribution in [2.45, 2.75) is 88.9 Å². The molecule has 2 aromatic rings. The molecule has 3 aliphatic carbocycles. The van der Waals surface area contributed by atoms with E-state index in [1.165, 1.54) is 13.2 Å². The van der Waals surface area contributed by atoms with Crippen LogP contribution >= 0.6 is 0 Å². The van der Waals surface area contributed by atoms with Crippen LogP contribution in [0, 0.1) is 5.92 Å². The third kappa shape index (κ3) is 5.77. The van der Waals surface area contributed by atoms with Crippen molar-refractivity contribution < 1.29 is 48.7 Å². The monoisotopic (exact) mass is 609 g/mol. The minimum absolute atomic E-state index is 0.146. The molecule has 11 nitrogen and oxygen atoms in total. The van der Waals surface area contributed by atoms with Gasteiger partial charge in [0.15, 0.2) is 17.3 Å². The normalized spacial score (nSPS) is 28.3. The van der Waals surface area contributed by atoms with Gasteiger partial charge in [0, 0.05) is 29.5 Å². The molecule has 0 aliphatic heterocycles. The lowest BCUT2D eigenvalue weighted by molar-refractivity contribution is -0.151. The fourth-order valence-corrected chi connectivity index (χ4v) is 6.59. The summed E-state index contributed by atoms with van der Waals surface area (Å²) in [5, 5.41) is 34.7. The lowest BCUT2D eigenvalue weighted by Crippen LogP contribution is -2.53. The zero-order chi connectivity index (χ0) is 31.9. The highest BCUT2D eigenvalue weighted by Gasteiger charge is 2.46. The Labute approximate surface area is 255 Å². The van der Waals surface area contributed by atoms with Crippen molar-refractivity contribution >= 4 is 23.4 Å². The summed E-state index contributed by atoms with van der Waals surface area (Å²) in [4.78, 5) is 52.5. The summed E-state index contributed by atoms with van der Waals surface area (Å²) in [6, 6.07) is 7.24. The molecular weight excluding hydrogens is 570 g/mol. The molecule has 5 rings (SSSR count). The number of ether oxygens (including phenoxy) is 3. The fraction of sp³-hybridized carbons (Fsp3) is 0.515. The van der Waals surface area contributed by atoms with Crippen LogP contribution in [0.3, 0.4) is 0 Å². The number of nitrogens with one attached hydrogen (secondary N) is 1. The third-order valence-corrected chi connectivity index (χ3v) is 9.19. The molecule has 1 unspecified atom stereocenters. The second-order valence-electron chi connectivity index (χ2n) is 12.2. The van der Waals surface area contributed by atoms with Crippen LogP contribution < -0.4 is 10.1 Å². The van der Waals surface area contributed by atoms with Crippen molar-refractivity contribution in [2.24, 2.45) is 5.92 Å². The molecule has 0 spiro atoms. The second kappa shape index (κ2) is 12.4. The van der Waals surface area contributed by atoms with Gasteiger partial charge in [-0.2, -0.15) is 0 Å². The Hall–Kier alpha value is -3.64. The van der Waals surface area contributed by atoms with E-state index in [2.05, 4.69) is 5.32 Å². The van der Waals surface area contributed by atoms with Crippen molar-refractivity contribution in [1.82, 2.24) is 5.32 Å². The number of hydrogen-bond acceptors (Lipinski definition) is 10. The van der Waals surface area contributed by atoms with Gasteiger partial charge < -0.3 is 34.8 Å². The molecule has 3 aliphatic rings. The van der Waals surface area contributed by atoms with Gasteiger partial charge in [0.1, 0.15) is 24.1 Å². The average Bonchev–Trinajstić information content (AvgIpc) is 3.00. The molecule has 0 bridgehead atoms. The van der Waals surface area contributed by atoms with Crippen LogP contribution in [0.15, 0.2) is 30.3 Å². The van der Waals surface area contributed by atoms with Crippen LogP contribution in [0.2, 0.25) is 0 Å². The summed E-state index contributed by atoms with van der Waals surface area (Å²) >= 11 is 0. The Morgan fingerprint density at radius 2 is 1.84 bits per heavy atom. The quantitative estimate of drug-likeness (QED) is 0.298. The molecule has 7 atom stereocenters. The largest absolute Gasteiger partial charge is 0.496 e. The smallest absolute Gasteiger partial charge is 0.407 e. The van der Waals surface area contributed by atoms with Crippen LogP contribution in [-0.4, -0.2) is 82.4 Å². The number of hydrogen-bond donors (Lipinski definition) is 4. The van der Waals surface area contributed by atoms with Crippen molar-refractivity contribution in [1.29, 1.82) is 0 Å². The van der Waals surface area contributed by atoms with Gasteiger partial charge in [0.2, 0.25) is 0 Å². The first-order valence-electron chi connectivity index (χ1n) is 15.0. The molecule has 1 saturated carbocycles. The van der Waals surface area contributed by atoms with Gasteiger partial charge in [0.05, 0.1) is 37.0 Å². The summed E-state index contributed by atoms with van der Waals surface area (Å²) in [5.41, 5.74) is -0.300. The number of amides is 1. The third-order valence-electron chi connectivity index (χ3n) is 9.19. The molecule has 1 amide bonds. The lowest BCUT2D eigenvalue weighted by Gasteiger charge is -2.42. The molecule has 11 heteroatoms. The molecule has 4 N–H and O–H groups in total. The molecule has 0 heterocycles. The molecule has 0 saturated heterocycles. The van der Waals surface area contributed by atoms with Crippen LogP contribution in [0.25, 0.3) is 0 Å². The Balaban J connectivity index is 1.49. The van der Waals surface area contributed by atoms with Crippen LogP contribution in [0.4, 0.5) is 4.79 Å². The van der Waals surface area contributed by atoms with E-state index in [4.69, 9.17) is 14.2 Å². The topological polar surface area (TPSA) is 169 Å². The van der Waals surface area contributed by atoms with Crippen molar-refractivity contribution in [3.8, 4) is 5.75 Å². The number of aliphatic hydroxyl groups excluding tert-OH is 2. The van der Waals surface area contributed by atoms with E-state index in [0.717, 1.165) is 0 Å². The number of alkyl carbamates (subject to hydrolysis) is 1. The van der Waals surface area contributed by atoms with E-state index in [-0.39, 0.29) is 70.9 Å². The van der Waals surface area contributed by atoms with Gasteiger partial charge in [-0.25, -0.2) is 4.79 Å². The van der Waals surface area contributed by atoms with E-state index in [9.17, 15) is 34.5 Å². The van der Waals surface area contributed by atoms with E-state index in [1.807, 2.05) is 13.8 Å². The summed E-state index contributed by atoms with van der Waals surface area (Å²) < 4.78 is 17.2. The van der Waals surface area contributed by atoms with Crippen LogP contribution in [0.5, 0.6) is 5.75 Å². The van der Waals surface area contributed by atoms with Gasteiger partial charge >= 0.3 is 6.09 Å². The zero-order valence-corrected chi connectivity index (χ0v) is 25.3. The van der Waals surface area contributed by atoms with Gasteiger partial charge in [-0.05, 0) is 61.4 Å². The highest BCUT2D eigenvalue weighted by molar-refractivity contribution is 6.29. The van der Waals surface area contributed by atoms with E-state index >= 15 is 0 Å². The first-order valence-corrected chi connectivity index (χ1v) is 15.0. The molecule has 0 radical (unpaired) electrons. The predicted octanol–water partition coefficient (Wildman–Crippen LogP) is 2.82. The highest BCUT2D eigenvalue weighted by atomic mass is 16.6. The highest BCUT2D eigenvalue weighted by Crippen LogP contribution is 2.44. The van der Waals surface area contributed by atoms with Gasteiger partial charge in [-0.1, -0.05) is 26.0 Å².